The van der Waals surface area contributed by atoms with E-state index in [0.29, 0.717) is 17.1 Å². The summed E-state index contributed by atoms with van der Waals surface area (Å²) in [6.45, 7) is 5.95. The first-order valence-corrected chi connectivity index (χ1v) is 8.87. The number of nitrogens with one attached hydrogen (secondary N) is 3. The molecule has 0 aliphatic carbocycles. The summed E-state index contributed by atoms with van der Waals surface area (Å²) in [5, 5.41) is 3.00. The number of carbonyl (C=O) groups excluding carboxylic acids is 1. The van der Waals surface area contributed by atoms with Gasteiger partial charge in [-0.2, -0.15) is 0 Å². The maximum absolute atomic E-state index is 12.6. The molecule has 130 valence electrons. The number of rotatable bonds is 3. The van der Waals surface area contributed by atoms with E-state index in [2.05, 4.69) is 37.8 Å². The molecular weight excluding hydrogens is 406 g/mol. The van der Waals surface area contributed by atoms with Gasteiger partial charge in [0, 0.05) is 16.1 Å². The van der Waals surface area contributed by atoms with Crippen molar-refractivity contribution in [3.8, 4) is 0 Å². The van der Waals surface area contributed by atoms with Crippen LogP contribution in [0.4, 0.5) is 5.82 Å². The molecule has 1 aliphatic rings. The number of esters is 1. The lowest BCUT2D eigenvalue weighted by molar-refractivity contribution is -0.147. The molecule has 1 aliphatic heterocycles. The van der Waals surface area contributed by atoms with Gasteiger partial charge in [-0.05, 0) is 36.8 Å². The Kier molecular flexibility index (Phi) is 4.91. The van der Waals surface area contributed by atoms with E-state index in [4.69, 9.17) is 17.0 Å². The van der Waals surface area contributed by atoms with Gasteiger partial charge >= 0.3 is 5.97 Å². The molecule has 0 unspecified atom stereocenters. The summed E-state index contributed by atoms with van der Waals surface area (Å²) in [7, 11) is 0. The molecule has 0 saturated heterocycles. The van der Waals surface area contributed by atoms with Gasteiger partial charge in [-0.3, -0.25) is 14.6 Å². The lowest BCUT2D eigenvalue weighted by Gasteiger charge is -2.33. The summed E-state index contributed by atoms with van der Waals surface area (Å²) in [4.78, 5) is 30.7. The maximum Gasteiger partial charge on any atom is 0.315 e. The van der Waals surface area contributed by atoms with E-state index in [0.717, 1.165) is 10.0 Å². The summed E-state index contributed by atoms with van der Waals surface area (Å²) in [6, 6.07) is 7.46. The van der Waals surface area contributed by atoms with E-state index < -0.39 is 17.8 Å². The van der Waals surface area contributed by atoms with Crippen molar-refractivity contribution in [1.82, 2.24) is 9.97 Å². The van der Waals surface area contributed by atoms with Crippen molar-refractivity contribution >= 4 is 39.9 Å². The lowest BCUT2D eigenvalue weighted by Crippen LogP contribution is -2.37. The Morgan fingerprint density at radius 3 is 2.64 bits per heavy atom. The van der Waals surface area contributed by atoms with Gasteiger partial charge in [0.25, 0.3) is 5.56 Å². The number of fused-ring (bicyclic) bond motifs is 1. The van der Waals surface area contributed by atoms with E-state index in [1.165, 1.54) is 0 Å². The third-order valence-electron chi connectivity index (χ3n) is 4.05. The van der Waals surface area contributed by atoms with Crippen molar-refractivity contribution in [2.75, 3.05) is 11.9 Å². The largest absolute Gasteiger partial charge is 0.465 e. The predicted octanol–water partition coefficient (Wildman–Crippen LogP) is 3.45. The molecule has 0 bridgehead atoms. The summed E-state index contributed by atoms with van der Waals surface area (Å²) in [5.74, 6) is -1.24. The summed E-state index contributed by atoms with van der Waals surface area (Å²) in [5.41, 5.74) is 1.32. The average molecular weight is 422 g/mol. The van der Waals surface area contributed by atoms with Gasteiger partial charge < -0.3 is 15.0 Å². The molecule has 8 heteroatoms. The molecule has 3 N–H and O–H groups in total. The fraction of sp³-hybridized carbons (Fsp3) is 0.235. The number of aromatic amines is 2. The van der Waals surface area contributed by atoms with Crippen molar-refractivity contribution in [2.24, 2.45) is 5.92 Å². The first-order chi connectivity index (χ1) is 11.9. The first-order valence-electron chi connectivity index (χ1n) is 7.66. The van der Waals surface area contributed by atoms with Gasteiger partial charge in [-0.1, -0.05) is 34.6 Å². The van der Waals surface area contributed by atoms with Crippen molar-refractivity contribution < 1.29 is 9.53 Å². The van der Waals surface area contributed by atoms with Crippen LogP contribution >= 0.6 is 28.1 Å². The Balaban J connectivity index is 2.24. The highest BCUT2D eigenvalue weighted by Gasteiger charge is 2.41. The van der Waals surface area contributed by atoms with E-state index in [-0.39, 0.29) is 16.9 Å². The molecule has 2 aromatic rings. The van der Waals surface area contributed by atoms with Gasteiger partial charge in [0.1, 0.15) is 11.7 Å². The molecular formula is C17H16BrN3O3S. The zero-order valence-electron chi connectivity index (χ0n) is 13.4. The molecule has 6 nitrogen and oxygen atoms in total. The fourth-order valence-corrected chi connectivity index (χ4v) is 3.50. The zero-order valence-corrected chi connectivity index (χ0v) is 15.8. The number of hydrogen-bond acceptors (Lipinski definition) is 5. The molecule has 2 heterocycles. The second kappa shape index (κ2) is 6.97. The van der Waals surface area contributed by atoms with Crippen LogP contribution in [0.15, 0.2) is 45.8 Å². The third kappa shape index (κ3) is 3.32. The van der Waals surface area contributed by atoms with Crippen LogP contribution in [-0.2, 0) is 9.53 Å². The molecule has 0 fully saturated rings. The maximum atomic E-state index is 12.6. The minimum absolute atomic E-state index is 0.202. The first kappa shape index (κ1) is 17.6. The number of benzene rings is 1. The highest BCUT2D eigenvalue weighted by molar-refractivity contribution is 9.10. The number of anilines is 1. The number of H-pyrrole nitrogens is 2. The van der Waals surface area contributed by atoms with Crippen LogP contribution in [0.3, 0.4) is 0 Å². The van der Waals surface area contributed by atoms with Gasteiger partial charge in [-0.15, -0.1) is 0 Å². The van der Waals surface area contributed by atoms with Gasteiger partial charge in [-0.25, -0.2) is 0 Å². The van der Waals surface area contributed by atoms with E-state index in [1.54, 1.807) is 6.92 Å². The minimum Gasteiger partial charge on any atom is -0.465 e. The monoisotopic (exact) mass is 421 g/mol. The van der Waals surface area contributed by atoms with Crippen LogP contribution in [0, 0.1) is 10.7 Å². The number of aromatic nitrogens is 2. The van der Waals surface area contributed by atoms with E-state index in [1.807, 2.05) is 24.3 Å². The van der Waals surface area contributed by atoms with Gasteiger partial charge in [0.05, 0.1) is 12.2 Å². The molecule has 0 radical (unpaired) electrons. The van der Waals surface area contributed by atoms with Crippen molar-refractivity contribution in [2.45, 2.75) is 12.8 Å². The average Bonchev–Trinajstić information content (AvgIpc) is 2.54. The molecule has 3 rings (SSSR count). The number of halogens is 1. The SMILES string of the molecule is C=C1Nc2[nH]c(=S)[nH]c(=O)c2[C@@H](c2ccc(Br)cc2)[C@@H]1C(=O)OCC. The quantitative estimate of drug-likeness (QED) is 0.521. The molecule has 0 saturated carbocycles. The van der Waals surface area contributed by atoms with E-state index >= 15 is 0 Å². The molecule has 25 heavy (non-hydrogen) atoms. The van der Waals surface area contributed by atoms with Crippen LogP contribution in [0.2, 0.25) is 0 Å². The molecule has 2 atom stereocenters. The zero-order chi connectivity index (χ0) is 18.1. The second-order valence-electron chi connectivity index (χ2n) is 5.61. The highest BCUT2D eigenvalue weighted by atomic mass is 79.9. The summed E-state index contributed by atoms with van der Waals surface area (Å²) < 4.78 is 6.32. The topological polar surface area (TPSA) is 87.0 Å². The van der Waals surface area contributed by atoms with Crippen molar-refractivity contribution in [3.05, 3.63) is 67.3 Å². The number of ether oxygens (including phenoxy) is 1. The lowest BCUT2D eigenvalue weighted by atomic mass is 9.77. The summed E-state index contributed by atoms with van der Waals surface area (Å²) in [6.07, 6.45) is 0. The van der Waals surface area contributed by atoms with Crippen LogP contribution in [0.5, 0.6) is 0 Å². The van der Waals surface area contributed by atoms with E-state index in [9.17, 15) is 9.59 Å². The van der Waals surface area contributed by atoms with Crippen LogP contribution in [0.25, 0.3) is 0 Å². The number of carbonyl (C=O) groups is 1. The Morgan fingerprint density at radius 2 is 2.00 bits per heavy atom. The number of hydrogen-bond donors (Lipinski definition) is 3. The smallest absolute Gasteiger partial charge is 0.315 e. The molecule has 1 aromatic heterocycles. The van der Waals surface area contributed by atoms with Crippen molar-refractivity contribution in [1.29, 1.82) is 0 Å². The second-order valence-corrected chi connectivity index (χ2v) is 6.93. The van der Waals surface area contributed by atoms with Gasteiger partial charge in [0.2, 0.25) is 0 Å². The third-order valence-corrected chi connectivity index (χ3v) is 4.79. The Labute approximate surface area is 157 Å². The minimum atomic E-state index is -0.723. The Hall–Kier alpha value is -2.19. The standard InChI is InChI=1S/C17H16BrN3O3S/c1-3-24-16(23)11-8(2)19-14-13(15(22)21-17(25)20-14)12(11)9-4-6-10(18)7-5-9/h4-7,11-12H,2-3H2,1H3,(H3,19,20,21,22,25)/t11-,12+/m1/s1. The van der Waals surface area contributed by atoms with Crippen molar-refractivity contribution in [3.63, 3.8) is 0 Å². The molecule has 1 aromatic carbocycles. The fourth-order valence-electron chi connectivity index (χ4n) is 3.04. The molecule has 0 amide bonds. The van der Waals surface area contributed by atoms with Crippen LogP contribution in [0.1, 0.15) is 24.0 Å². The molecule has 0 spiro atoms. The Bertz CT molecular complexity index is 949. The van der Waals surface area contributed by atoms with Gasteiger partial charge in [0.15, 0.2) is 4.77 Å². The normalized spacial score (nSPS) is 19.0. The van der Waals surface area contributed by atoms with Crippen LogP contribution in [-0.4, -0.2) is 22.5 Å². The van der Waals surface area contributed by atoms with Crippen LogP contribution < -0.4 is 10.9 Å². The Morgan fingerprint density at radius 1 is 1.32 bits per heavy atom. The highest BCUT2D eigenvalue weighted by Crippen LogP contribution is 2.42. The predicted molar refractivity (Wildman–Crippen MR) is 101 cm³/mol. The summed E-state index contributed by atoms with van der Waals surface area (Å²) >= 11 is 8.44.